The number of fused-ring (bicyclic) bond motifs is 2. The molecule has 4 nitrogen and oxygen atoms in total. The van der Waals surface area contributed by atoms with Gasteiger partial charge in [-0.3, -0.25) is 4.57 Å². The van der Waals surface area contributed by atoms with Gasteiger partial charge in [0.15, 0.2) is 0 Å². The lowest BCUT2D eigenvalue weighted by Gasteiger charge is -2.04. The van der Waals surface area contributed by atoms with E-state index in [1.54, 1.807) is 6.33 Å². The highest BCUT2D eigenvalue weighted by Gasteiger charge is 2.08. The Hall–Kier alpha value is -2.62. The summed E-state index contributed by atoms with van der Waals surface area (Å²) in [5.74, 6) is 0. The number of hydrogen-bond acceptors (Lipinski definition) is 2. The minimum Gasteiger partial charge on any atom is -0.345 e. The van der Waals surface area contributed by atoms with Crippen LogP contribution in [0.25, 0.3) is 27.8 Å². The number of imidazole rings is 2. The van der Waals surface area contributed by atoms with Crippen LogP contribution < -0.4 is 0 Å². The van der Waals surface area contributed by atoms with E-state index < -0.39 is 0 Å². The lowest BCUT2D eigenvalue weighted by molar-refractivity contribution is 1.10. The highest BCUT2D eigenvalue weighted by molar-refractivity contribution is 5.87. The van der Waals surface area contributed by atoms with E-state index >= 15 is 0 Å². The van der Waals surface area contributed by atoms with Gasteiger partial charge in [0.2, 0.25) is 0 Å². The van der Waals surface area contributed by atoms with Crippen molar-refractivity contribution in [1.82, 2.24) is 19.5 Å². The van der Waals surface area contributed by atoms with Crippen molar-refractivity contribution in [1.29, 1.82) is 0 Å². The van der Waals surface area contributed by atoms with Gasteiger partial charge in [-0.1, -0.05) is 18.2 Å². The van der Waals surface area contributed by atoms with Crippen molar-refractivity contribution in [2.45, 2.75) is 0 Å². The van der Waals surface area contributed by atoms with E-state index in [9.17, 15) is 0 Å². The monoisotopic (exact) mass is 234 g/mol. The second-order valence-corrected chi connectivity index (χ2v) is 4.18. The van der Waals surface area contributed by atoms with E-state index in [2.05, 4.69) is 31.7 Å². The van der Waals surface area contributed by atoms with Crippen LogP contribution in [-0.2, 0) is 0 Å². The number of hydrogen-bond donors (Lipinski definition) is 1. The molecule has 2 aromatic heterocycles. The molecule has 0 bridgehead atoms. The SMILES string of the molecule is c1ccc2c(c1)ncn2-c1cccc2[nH]cnc12. The second kappa shape index (κ2) is 3.43. The molecule has 18 heavy (non-hydrogen) atoms. The summed E-state index contributed by atoms with van der Waals surface area (Å²) in [4.78, 5) is 11.9. The summed E-state index contributed by atoms with van der Waals surface area (Å²) in [6.45, 7) is 0. The minimum absolute atomic E-state index is 0.959. The third-order valence-corrected chi connectivity index (χ3v) is 3.14. The van der Waals surface area contributed by atoms with E-state index in [0.717, 1.165) is 27.8 Å². The van der Waals surface area contributed by atoms with Crippen molar-refractivity contribution in [2.24, 2.45) is 0 Å². The third-order valence-electron chi connectivity index (χ3n) is 3.14. The normalized spacial score (nSPS) is 11.3. The maximum atomic E-state index is 4.41. The summed E-state index contributed by atoms with van der Waals surface area (Å²) in [5, 5.41) is 0. The van der Waals surface area contributed by atoms with Crippen molar-refractivity contribution in [3.05, 3.63) is 55.1 Å². The number of aromatic nitrogens is 4. The van der Waals surface area contributed by atoms with Crippen molar-refractivity contribution < 1.29 is 0 Å². The molecule has 2 aromatic carbocycles. The molecular weight excluding hydrogens is 224 g/mol. The number of para-hydroxylation sites is 3. The van der Waals surface area contributed by atoms with Gasteiger partial charge in [0.25, 0.3) is 0 Å². The molecule has 0 atom stereocenters. The van der Waals surface area contributed by atoms with Gasteiger partial charge in [0.1, 0.15) is 11.8 Å². The molecule has 0 unspecified atom stereocenters. The Balaban J connectivity index is 2.10. The molecule has 0 spiro atoms. The van der Waals surface area contributed by atoms with Crippen LogP contribution in [0.2, 0.25) is 0 Å². The van der Waals surface area contributed by atoms with Crippen LogP contribution in [-0.4, -0.2) is 19.5 Å². The number of rotatable bonds is 1. The topological polar surface area (TPSA) is 46.5 Å². The van der Waals surface area contributed by atoms with Crippen LogP contribution in [0.15, 0.2) is 55.1 Å². The van der Waals surface area contributed by atoms with Crippen molar-refractivity contribution in [3.63, 3.8) is 0 Å². The zero-order valence-corrected chi connectivity index (χ0v) is 9.54. The zero-order valence-electron chi connectivity index (χ0n) is 9.54. The molecule has 4 heteroatoms. The van der Waals surface area contributed by atoms with Crippen LogP contribution in [0.5, 0.6) is 0 Å². The van der Waals surface area contributed by atoms with Crippen LogP contribution in [0.1, 0.15) is 0 Å². The van der Waals surface area contributed by atoms with Gasteiger partial charge in [0.05, 0.1) is 28.6 Å². The molecule has 2 heterocycles. The van der Waals surface area contributed by atoms with Crippen molar-refractivity contribution >= 4 is 22.1 Å². The highest BCUT2D eigenvalue weighted by atomic mass is 15.1. The van der Waals surface area contributed by atoms with Gasteiger partial charge in [-0.25, -0.2) is 9.97 Å². The van der Waals surface area contributed by atoms with Crippen molar-refractivity contribution in [3.8, 4) is 5.69 Å². The average Bonchev–Trinajstić information content (AvgIpc) is 3.05. The Labute approximate surface area is 103 Å². The van der Waals surface area contributed by atoms with Gasteiger partial charge in [-0.05, 0) is 24.3 Å². The Morgan fingerprint density at radius 1 is 0.944 bits per heavy atom. The van der Waals surface area contributed by atoms with E-state index in [-0.39, 0.29) is 0 Å². The highest BCUT2D eigenvalue weighted by Crippen LogP contribution is 2.23. The fraction of sp³-hybridized carbons (Fsp3) is 0. The Kier molecular flexibility index (Phi) is 1.80. The Morgan fingerprint density at radius 2 is 1.89 bits per heavy atom. The lowest BCUT2D eigenvalue weighted by Crippen LogP contribution is -1.92. The fourth-order valence-electron chi connectivity index (χ4n) is 2.30. The van der Waals surface area contributed by atoms with E-state index in [1.807, 2.05) is 36.7 Å². The lowest BCUT2D eigenvalue weighted by atomic mass is 10.2. The fourth-order valence-corrected chi connectivity index (χ4v) is 2.30. The van der Waals surface area contributed by atoms with Gasteiger partial charge < -0.3 is 4.98 Å². The van der Waals surface area contributed by atoms with Crippen LogP contribution >= 0.6 is 0 Å². The number of aromatic amines is 1. The molecule has 0 saturated heterocycles. The Morgan fingerprint density at radius 3 is 2.89 bits per heavy atom. The van der Waals surface area contributed by atoms with E-state index in [4.69, 9.17) is 0 Å². The van der Waals surface area contributed by atoms with Crippen LogP contribution in [0.3, 0.4) is 0 Å². The third kappa shape index (κ3) is 1.20. The predicted octanol–water partition coefficient (Wildman–Crippen LogP) is 2.90. The second-order valence-electron chi connectivity index (χ2n) is 4.18. The molecule has 0 fully saturated rings. The van der Waals surface area contributed by atoms with Gasteiger partial charge in [-0.15, -0.1) is 0 Å². The first kappa shape index (κ1) is 9.41. The zero-order chi connectivity index (χ0) is 11.9. The van der Waals surface area contributed by atoms with Crippen molar-refractivity contribution in [2.75, 3.05) is 0 Å². The predicted molar refractivity (Wildman–Crippen MR) is 70.7 cm³/mol. The summed E-state index contributed by atoms with van der Waals surface area (Å²) >= 11 is 0. The summed E-state index contributed by atoms with van der Waals surface area (Å²) in [5.41, 5.74) is 5.12. The summed E-state index contributed by atoms with van der Waals surface area (Å²) < 4.78 is 2.07. The molecule has 86 valence electrons. The largest absolute Gasteiger partial charge is 0.345 e. The first-order chi connectivity index (χ1) is 8.93. The molecule has 0 amide bonds. The Bertz CT molecular complexity index is 841. The maximum Gasteiger partial charge on any atom is 0.112 e. The summed E-state index contributed by atoms with van der Waals surface area (Å²) in [6, 6.07) is 14.2. The first-order valence-corrected chi connectivity index (χ1v) is 5.78. The molecule has 1 N–H and O–H groups in total. The molecule has 0 saturated carbocycles. The van der Waals surface area contributed by atoms with E-state index in [1.165, 1.54) is 0 Å². The van der Waals surface area contributed by atoms with Crippen LogP contribution in [0, 0.1) is 0 Å². The summed E-state index contributed by atoms with van der Waals surface area (Å²) in [6.07, 6.45) is 3.56. The minimum atomic E-state index is 0.959. The van der Waals surface area contributed by atoms with Crippen LogP contribution in [0.4, 0.5) is 0 Å². The molecule has 4 rings (SSSR count). The molecule has 4 aromatic rings. The molecule has 0 aliphatic rings. The van der Waals surface area contributed by atoms with E-state index in [0.29, 0.717) is 0 Å². The molecule has 0 radical (unpaired) electrons. The van der Waals surface area contributed by atoms with Gasteiger partial charge in [0, 0.05) is 0 Å². The number of nitrogens with one attached hydrogen (secondary N) is 1. The number of nitrogens with zero attached hydrogens (tertiary/aromatic N) is 3. The average molecular weight is 234 g/mol. The maximum absolute atomic E-state index is 4.41. The summed E-state index contributed by atoms with van der Waals surface area (Å²) in [7, 11) is 0. The smallest absolute Gasteiger partial charge is 0.112 e. The number of H-pyrrole nitrogens is 1. The molecular formula is C14H10N4. The molecule has 0 aliphatic heterocycles. The number of benzene rings is 2. The van der Waals surface area contributed by atoms with Gasteiger partial charge in [-0.2, -0.15) is 0 Å². The quantitative estimate of drug-likeness (QED) is 0.550. The molecule has 0 aliphatic carbocycles. The standard InChI is InChI=1S/C14H10N4/c1-2-6-12-10(4-1)17-9-18(12)13-7-3-5-11-14(13)16-8-15-11/h1-9H,(H,15,16). The first-order valence-electron chi connectivity index (χ1n) is 5.78. The van der Waals surface area contributed by atoms with Gasteiger partial charge >= 0.3 is 0 Å².